The summed E-state index contributed by atoms with van der Waals surface area (Å²) in [6, 6.07) is 10.4. The van der Waals surface area contributed by atoms with E-state index in [2.05, 4.69) is 29.8 Å². The number of aryl methyl sites for hydroxylation is 1. The average molecular weight is 385 g/mol. The average Bonchev–Trinajstić information content (AvgIpc) is 3.13. The number of hydrogen-bond acceptors (Lipinski definition) is 3. The highest BCUT2D eigenvalue weighted by molar-refractivity contribution is 6.16. The normalized spacial score (nSPS) is 13.4. The molecule has 0 saturated carbocycles. The molecule has 5 heteroatoms. The van der Waals surface area contributed by atoms with Crippen molar-refractivity contribution in [2.24, 2.45) is 0 Å². The van der Waals surface area contributed by atoms with Crippen LogP contribution in [0.1, 0.15) is 53.5 Å². The first kappa shape index (κ1) is 19.6. The van der Waals surface area contributed by atoms with Crippen LogP contribution < -0.4 is 5.32 Å². The van der Waals surface area contributed by atoms with Gasteiger partial charge < -0.3 is 9.88 Å². The van der Waals surface area contributed by atoms with E-state index in [0.29, 0.717) is 12.5 Å². The second-order valence-corrected chi connectivity index (χ2v) is 7.46. The number of aromatic nitrogens is 1. The highest BCUT2D eigenvalue weighted by Crippen LogP contribution is 2.37. The first-order valence-electron chi connectivity index (χ1n) is 9.32. The fourth-order valence-electron chi connectivity index (χ4n) is 4.08. The molecule has 0 amide bonds. The lowest BCUT2D eigenvalue weighted by molar-refractivity contribution is 0.0991. The van der Waals surface area contributed by atoms with E-state index in [0.717, 1.165) is 58.0 Å². The smallest absolute Gasteiger partial charge is 0.163 e. The van der Waals surface area contributed by atoms with Gasteiger partial charge in [-0.15, -0.1) is 12.4 Å². The number of carbonyl (C=O) groups excluding carboxylic acids is 2. The Morgan fingerprint density at radius 3 is 2.59 bits per heavy atom. The summed E-state index contributed by atoms with van der Waals surface area (Å²) in [6.45, 7) is 7.61. The third-order valence-corrected chi connectivity index (χ3v) is 5.34. The number of hydrogen-bond donors (Lipinski definition) is 1. The van der Waals surface area contributed by atoms with Crippen LogP contribution >= 0.6 is 12.4 Å². The van der Waals surface area contributed by atoms with Gasteiger partial charge in [0, 0.05) is 58.5 Å². The van der Waals surface area contributed by atoms with Gasteiger partial charge in [-0.1, -0.05) is 13.8 Å². The minimum atomic E-state index is 0. The Morgan fingerprint density at radius 1 is 1.15 bits per heavy atom. The van der Waals surface area contributed by atoms with Crippen molar-refractivity contribution < 1.29 is 9.59 Å². The highest BCUT2D eigenvalue weighted by atomic mass is 35.5. The number of fused-ring (bicyclic) bond motifs is 5. The summed E-state index contributed by atoms with van der Waals surface area (Å²) < 4.78 is 2.31. The number of rotatable bonds is 5. The molecule has 3 aromatic rings. The SMILES string of the molecule is CC(=O)c1ccc2c(c1)c1c3c(ccc1n2CCNC(C)C)C(=O)CC3.Cl. The lowest BCUT2D eigenvalue weighted by Crippen LogP contribution is -2.26. The molecule has 1 heterocycles. The Morgan fingerprint density at radius 2 is 1.89 bits per heavy atom. The van der Waals surface area contributed by atoms with Gasteiger partial charge in [-0.05, 0) is 49.2 Å². The molecular weight excluding hydrogens is 360 g/mol. The second kappa shape index (κ2) is 7.45. The molecule has 1 aliphatic carbocycles. The molecule has 4 rings (SSSR count). The van der Waals surface area contributed by atoms with Gasteiger partial charge in [0.2, 0.25) is 0 Å². The Bertz CT molecular complexity index is 1050. The molecule has 142 valence electrons. The predicted molar refractivity (Wildman–Crippen MR) is 112 cm³/mol. The Balaban J connectivity index is 0.00000210. The van der Waals surface area contributed by atoms with Gasteiger partial charge in [0.05, 0.1) is 0 Å². The molecule has 0 aliphatic heterocycles. The fourth-order valence-corrected chi connectivity index (χ4v) is 4.08. The van der Waals surface area contributed by atoms with E-state index in [4.69, 9.17) is 0 Å². The summed E-state index contributed by atoms with van der Waals surface area (Å²) in [7, 11) is 0. The Labute approximate surface area is 165 Å². The van der Waals surface area contributed by atoms with E-state index in [1.165, 1.54) is 0 Å². The Hall–Kier alpha value is -2.17. The van der Waals surface area contributed by atoms with E-state index in [1.54, 1.807) is 6.92 Å². The van der Waals surface area contributed by atoms with Crippen molar-refractivity contribution in [2.45, 2.75) is 46.2 Å². The standard InChI is InChI=1S/C22H24N2O2.ClH/c1-13(2)23-10-11-24-19-7-4-15(14(3)25)12-18(19)22-17-6-9-21(26)16(17)5-8-20(22)24;/h4-5,7-8,12-13,23H,6,9-11H2,1-3H3;1H. The second-order valence-electron chi connectivity index (χ2n) is 7.46. The zero-order valence-corrected chi connectivity index (χ0v) is 16.8. The van der Waals surface area contributed by atoms with Crippen molar-refractivity contribution in [1.82, 2.24) is 9.88 Å². The van der Waals surface area contributed by atoms with Crippen LogP contribution in [-0.2, 0) is 13.0 Å². The van der Waals surface area contributed by atoms with E-state index < -0.39 is 0 Å². The molecule has 0 radical (unpaired) electrons. The van der Waals surface area contributed by atoms with Crippen molar-refractivity contribution in [2.75, 3.05) is 6.54 Å². The summed E-state index contributed by atoms with van der Waals surface area (Å²) in [5.74, 6) is 0.296. The number of nitrogens with zero attached hydrogens (tertiary/aromatic N) is 1. The minimum absolute atomic E-state index is 0. The van der Waals surface area contributed by atoms with E-state index in [-0.39, 0.29) is 24.0 Å². The van der Waals surface area contributed by atoms with E-state index in [1.807, 2.05) is 24.3 Å². The van der Waals surface area contributed by atoms with Gasteiger partial charge in [0.25, 0.3) is 0 Å². The van der Waals surface area contributed by atoms with Gasteiger partial charge in [-0.3, -0.25) is 9.59 Å². The molecule has 0 fully saturated rings. The lowest BCUT2D eigenvalue weighted by Gasteiger charge is -2.11. The van der Waals surface area contributed by atoms with Crippen LogP contribution in [-0.4, -0.2) is 28.7 Å². The first-order chi connectivity index (χ1) is 12.5. The number of Topliss-reactive ketones (excluding diaryl/α,β-unsaturated/α-hetero) is 2. The number of nitrogens with one attached hydrogen (secondary N) is 1. The molecule has 0 saturated heterocycles. The number of ketones is 2. The summed E-state index contributed by atoms with van der Waals surface area (Å²) in [6.07, 6.45) is 1.38. The van der Waals surface area contributed by atoms with Gasteiger partial charge in [0.1, 0.15) is 0 Å². The van der Waals surface area contributed by atoms with Crippen LogP contribution in [0.25, 0.3) is 21.8 Å². The van der Waals surface area contributed by atoms with Crippen molar-refractivity contribution >= 4 is 45.8 Å². The fraction of sp³-hybridized carbons (Fsp3) is 0.364. The minimum Gasteiger partial charge on any atom is -0.339 e. The summed E-state index contributed by atoms with van der Waals surface area (Å²) >= 11 is 0. The molecule has 1 aliphatic rings. The molecule has 1 N–H and O–H groups in total. The van der Waals surface area contributed by atoms with E-state index in [9.17, 15) is 9.59 Å². The maximum Gasteiger partial charge on any atom is 0.163 e. The maximum atomic E-state index is 12.2. The lowest BCUT2D eigenvalue weighted by atomic mass is 10.0. The highest BCUT2D eigenvalue weighted by Gasteiger charge is 2.25. The van der Waals surface area contributed by atoms with Crippen LogP contribution in [0, 0.1) is 0 Å². The van der Waals surface area contributed by atoms with Crippen molar-refractivity contribution in [3.8, 4) is 0 Å². The molecular formula is C22H25ClN2O2. The largest absolute Gasteiger partial charge is 0.339 e. The Kier molecular flexibility index (Phi) is 5.41. The molecule has 1 aromatic heterocycles. The number of benzene rings is 2. The molecule has 0 unspecified atom stereocenters. The zero-order valence-electron chi connectivity index (χ0n) is 16.0. The zero-order chi connectivity index (χ0) is 18.4. The molecule has 0 atom stereocenters. The van der Waals surface area contributed by atoms with Crippen LogP contribution in [0.2, 0.25) is 0 Å². The maximum absolute atomic E-state index is 12.2. The topological polar surface area (TPSA) is 51.1 Å². The van der Waals surface area contributed by atoms with Crippen LogP contribution in [0.4, 0.5) is 0 Å². The van der Waals surface area contributed by atoms with Crippen LogP contribution in [0.15, 0.2) is 30.3 Å². The van der Waals surface area contributed by atoms with Crippen molar-refractivity contribution in [1.29, 1.82) is 0 Å². The third kappa shape index (κ3) is 3.28. The van der Waals surface area contributed by atoms with Crippen molar-refractivity contribution in [3.63, 3.8) is 0 Å². The molecule has 0 spiro atoms. The van der Waals surface area contributed by atoms with Gasteiger partial charge in [0.15, 0.2) is 11.6 Å². The summed E-state index contributed by atoms with van der Waals surface area (Å²) in [5, 5.41) is 5.71. The predicted octanol–water partition coefficient (Wildman–Crippen LogP) is 4.55. The monoisotopic (exact) mass is 384 g/mol. The van der Waals surface area contributed by atoms with Crippen molar-refractivity contribution in [3.05, 3.63) is 47.0 Å². The molecule has 27 heavy (non-hydrogen) atoms. The first-order valence-corrected chi connectivity index (χ1v) is 9.32. The molecule has 0 bridgehead atoms. The van der Waals surface area contributed by atoms with E-state index >= 15 is 0 Å². The van der Waals surface area contributed by atoms with Crippen LogP contribution in [0.3, 0.4) is 0 Å². The summed E-state index contributed by atoms with van der Waals surface area (Å²) in [5.41, 5.74) is 5.00. The van der Waals surface area contributed by atoms with Gasteiger partial charge >= 0.3 is 0 Å². The van der Waals surface area contributed by atoms with Gasteiger partial charge in [-0.2, -0.15) is 0 Å². The summed E-state index contributed by atoms with van der Waals surface area (Å²) in [4.78, 5) is 24.1. The third-order valence-electron chi connectivity index (χ3n) is 5.34. The molecule has 4 nitrogen and oxygen atoms in total. The van der Waals surface area contributed by atoms with Crippen LogP contribution in [0.5, 0.6) is 0 Å². The molecule has 2 aromatic carbocycles. The number of halogens is 1. The quantitative estimate of drug-likeness (QED) is 0.657. The van der Waals surface area contributed by atoms with Gasteiger partial charge in [-0.25, -0.2) is 0 Å². The number of carbonyl (C=O) groups is 2.